The van der Waals surface area contributed by atoms with Crippen molar-refractivity contribution < 1.29 is 14.2 Å². The SMILES string of the molecule is OC(COc1ccc(F)cc1)Cn1nnc2ccccc21. The second kappa shape index (κ2) is 5.88. The van der Waals surface area contributed by atoms with Crippen molar-refractivity contribution in [3.8, 4) is 5.75 Å². The number of benzene rings is 2. The zero-order valence-electron chi connectivity index (χ0n) is 11.2. The van der Waals surface area contributed by atoms with E-state index in [0.717, 1.165) is 11.0 Å². The summed E-state index contributed by atoms with van der Waals surface area (Å²) in [4.78, 5) is 0. The molecule has 3 rings (SSSR count). The lowest BCUT2D eigenvalue weighted by atomic mass is 10.3. The van der Waals surface area contributed by atoms with E-state index in [1.807, 2.05) is 24.3 Å². The normalized spacial score (nSPS) is 12.5. The van der Waals surface area contributed by atoms with E-state index in [1.165, 1.54) is 24.3 Å². The molecule has 0 amide bonds. The molecule has 3 aromatic rings. The van der Waals surface area contributed by atoms with E-state index in [1.54, 1.807) is 4.68 Å². The van der Waals surface area contributed by atoms with Crippen LogP contribution in [-0.4, -0.2) is 32.8 Å². The predicted molar refractivity (Wildman–Crippen MR) is 75.4 cm³/mol. The van der Waals surface area contributed by atoms with Gasteiger partial charge in [0.2, 0.25) is 0 Å². The van der Waals surface area contributed by atoms with Crippen molar-refractivity contribution in [3.63, 3.8) is 0 Å². The fraction of sp³-hybridized carbons (Fsp3) is 0.200. The first-order valence-electron chi connectivity index (χ1n) is 6.57. The van der Waals surface area contributed by atoms with E-state index >= 15 is 0 Å². The summed E-state index contributed by atoms with van der Waals surface area (Å²) in [5.74, 6) is 0.191. The molecule has 1 heterocycles. The van der Waals surface area contributed by atoms with Gasteiger partial charge in [-0.25, -0.2) is 9.07 Å². The molecule has 0 aliphatic carbocycles. The third kappa shape index (κ3) is 3.17. The minimum Gasteiger partial charge on any atom is -0.491 e. The van der Waals surface area contributed by atoms with Crippen LogP contribution < -0.4 is 4.74 Å². The van der Waals surface area contributed by atoms with Crippen molar-refractivity contribution in [2.45, 2.75) is 12.6 Å². The average molecular weight is 287 g/mol. The number of nitrogens with zero attached hydrogens (tertiary/aromatic N) is 3. The van der Waals surface area contributed by atoms with E-state index < -0.39 is 6.10 Å². The van der Waals surface area contributed by atoms with Crippen molar-refractivity contribution in [1.29, 1.82) is 0 Å². The third-order valence-electron chi connectivity index (χ3n) is 3.06. The van der Waals surface area contributed by atoms with Gasteiger partial charge in [0.05, 0.1) is 12.1 Å². The molecule has 1 N–H and O–H groups in total. The molecule has 0 saturated heterocycles. The molecule has 0 aliphatic heterocycles. The lowest BCUT2D eigenvalue weighted by Crippen LogP contribution is -2.24. The first-order chi connectivity index (χ1) is 10.2. The molecule has 0 saturated carbocycles. The highest BCUT2D eigenvalue weighted by molar-refractivity contribution is 5.73. The summed E-state index contributed by atoms with van der Waals surface area (Å²) >= 11 is 0. The Bertz CT molecular complexity index is 727. The van der Waals surface area contributed by atoms with Crippen molar-refractivity contribution in [2.24, 2.45) is 0 Å². The van der Waals surface area contributed by atoms with Crippen LogP contribution in [-0.2, 0) is 6.54 Å². The van der Waals surface area contributed by atoms with Crippen LogP contribution in [0.1, 0.15) is 0 Å². The summed E-state index contributed by atoms with van der Waals surface area (Å²) in [5, 5.41) is 18.0. The van der Waals surface area contributed by atoms with Gasteiger partial charge in [-0.2, -0.15) is 0 Å². The molecule has 108 valence electrons. The smallest absolute Gasteiger partial charge is 0.123 e. The molecular weight excluding hydrogens is 273 g/mol. The van der Waals surface area contributed by atoms with E-state index in [9.17, 15) is 9.50 Å². The van der Waals surface area contributed by atoms with Crippen LogP contribution in [0.4, 0.5) is 4.39 Å². The van der Waals surface area contributed by atoms with Gasteiger partial charge in [-0.15, -0.1) is 5.10 Å². The molecule has 0 bridgehead atoms. The third-order valence-corrected chi connectivity index (χ3v) is 3.06. The Morgan fingerprint density at radius 2 is 1.90 bits per heavy atom. The lowest BCUT2D eigenvalue weighted by Gasteiger charge is -2.12. The second-order valence-electron chi connectivity index (χ2n) is 4.68. The quantitative estimate of drug-likeness (QED) is 0.780. The number of hydrogen-bond donors (Lipinski definition) is 1. The summed E-state index contributed by atoms with van der Waals surface area (Å²) in [6, 6.07) is 13.2. The summed E-state index contributed by atoms with van der Waals surface area (Å²) < 4.78 is 19.8. The van der Waals surface area contributed by atoms with Crippen LogP contribution in [0, 0.1) is 5.82 Å². The lowest BCUT2D eigenvalue weighted by molar-refractivity contribution is 0.0899. The van der Waals surface area contributed by atoms with Crippen molar-refractivity contribution in [2.75, 3.05) is 6.61 Å². The van der Waals surface area contributed by atoms with Crippen LogP contribution in [0.5, 0.6) is 5.75 Å². The van der Waals surface area contributed by atoms with Crippen LogP contribution in [0.15, 0.2) is 48.5 Å². The van der Waals surface area contributed by atoms with Gasteiger partial charge in [-0.3, -0.25) is 0 Å². The van der Waals surface area contributed by atoms with Crippen LogP contribution in [0.25, 0.3) is 11.0 Å². The molecule has 0 fully saturated rings. The Morgan fingerprint density at radius 3 is 2.71 bits per heavy atom. The number of para-hydroxylation sites is 1. The molecule has 5 nitrogen and oxygen atoms in total. The molecule has 0 spiro atoms. The number of aliphatic hydroxyl groups excluding tert-OH is 1. The van der Waals surface area contributed by atoms with E-state index in [0.29, 0.717) is 5.75 Å². The topological polar surface area (TPSA) is 60.2 Å². The minimum atomic E-state index is -0.736. The molecule has 1 atom stereocenters. The van der Waals surface area contributed by atoms with Crippen molar-refractivity contribution in [3.05, 3.63) is 54.3 Å². The summed E-state index contributed by atoms with van der Waals surface area (Å²) in [6.07, 6.45) is -0.736. The number of rotatable bonds is 5. The number of ether oxygens (including phenoxy) is 1. The number of hydrogen-bond acceptors (Lipinski definition) is 4. The summed E-state index contributed by atoms with van der Waals surface area (Å²) in [6.45, 7) is 0.377. The molecule has 1 unspecified atom stereocenters. The minimum absolute atomic E-state index is 0.0970. The second-order valence-corrected chi connectivity index (χ2v) is 4.68. The Balaban J connectivity index is 1.61. The van der Waals surface area contributed by atoms with Gasteiger partial charge in [0.15, 0.2) is 0 Å². The zero-order valence-corrected chi connectivity index (χ0v) is 11.2. The van der Waals surface area contributed by atoms with Crippen molar-refractivity contribution >= 4 is 11.0 Å². The molecule has 21 heavy (non-hydrogen) atoms. The fourth-order valence-corrected chi connectivity index (χ4v) is 2.03. The molecule has 0 aliphatic rings. The van der Waals surface area contributed by atoms with Gasteiger partial charge in [-0.1, -0.05) is 17.3 Å². The molecular formula is C15H14FN3O2. The molecule has 2 aromatic carbocycles. The standard InChI is InChI=1S/C15H14FN3O2/c16-11-5-7-13(8-6-11)21-10-12(20)9-19-15-4-2-1-3-14(15)17-18-19/h1-8,12,20H,9-10H2. The average Bonchev–Trinajstić information content (AvgIpc) is 2.90. The number of aliphatic hydroxyl groups is 1. The number of fused-ring (bicyclic) bond motifs is 1. The predicted octanol–water partition coefficient (Wildman–Crippen LogP) is 2.01. The van der Waals surface area contributed by atoms with E-state index in [-0.39, 0.29) is 19.0 Å². The van der Waals surface area contributed by atoms with Gasteiger partial charge >= 0.3 is 0 Å². The Kier molecular flexibility index (Phi) is 3.79. The summed E-state index contributed by atoms with van der Waals surface area (Å²) in [7, 11) is 0. The maximum Gasteiger partial charge on any atom is 0.123 e. The monoisotopic (exact) mass is 287 g/mol. The van der Waals surface area contributed by atoms with Crippen molar-refractivity contribution in [1.82, 2.24) is 15.0 Å². The number of halogens is 1. The van der Waals surface area contributed by atoms with Gasteiger partial charge < -0.3 is 9.84 Å². The Labute approximate surface area is 120 Å². The number of aromatic nitrogens is 3. The maximum absolute atomic E-state index is 12.8. The summed E-state index contributed by atoms with van der Waals surface area (Å²) in [5.41, 5.74) is 1.64. The van der Waals surface area contributed by atoms with Gasteiger partial charge in [-0.05, 0) is 36.4 Å². The molecule has 1 aromatic heterocycles. The first-order valence-corrected chi connectivity index (χ1v) is 6.57. The highest BCUT2D eigenvalue weighted by Crippen LogP contribution is 2.13. The zero-order chi connectivity index (χ0) is 14.7. The highest BCUT2D eigenvalue weighted by atomic mass is 19.1. The maximum atomic E-state index is 12.8. The van der Waals surface area contributed by atoms with Gasteiger partial charge in [0.1, 0.15) is 29.8 Å². The Hall–Kier alpha value is -2.47. The van der Waals surface area contributed by atoms with Gasteiger partial charge in [0.25, 0.3) is 0 Å². The van der Waals surface area contributed by atoms with E-state index in [4.69, 9.17) is 4.74 Å². The molecule has 0 radical (unpaired) electrons. The van der Waals surface area contributed by atoms with Crippen LogP contribution >= 0.6 is 0 Å². The van der Waals surface area contributed by atoms with Crippen LogP contribution in [0.2, 0.25) is 0 Å². The Morgan fingerprint density at radius 1 is 1.14 bits per heavy atom. The largest absolute Gasteiger partial charge is 0.491 e. The van der Waals surface area contributed by atoms with E-state index in [2.05, 4.69) is 10.3 Å². The highest BCUT2D eigenvalue weighted by Gasteiger charge is 2.10. The van der Waals surface area contributed by atoms with Gasteiger partial charge in [0, 0.05) is 0 Å². The first kappa shape index (κ1) is 13.5. The molecule has 6 heteroatoms. The van der Waals surface area contributed by atoms with Crippen LogP contribution in [0.3, 0.4) is 0 Å². The fourth-order valence-electron chi connectivity index (χ4n) is 2.03.